The van der Waals surface area contributed by atoms with Crippen LogP contribution < -0.4 is 0 Å². The van der Waals surface area contributed by atoms with E-state index in [0.717, 1.165) is 0 Å². The van der Waals surface area contributed by atoms with Crippen molar-refractivity contribution in [3.8, 4) is 0 Å². The number of ether oxygens (including phenoxy) is 1. The fourth-order valence-corrected chi connectivity index (χ4v) is 0.762. The second-order valence-electron chi connectivity index (χ2n) is 4.53. The minimum absolute atomic E-state index is 0.288. The number of carboxylic acid groups (broad SMARTS) is 1. The third kappa shape index (κ3) is 10.9. The molecule has 0 spiro atoms. The van der Waals surface area contributed by atoms with Gasteiger partial charge >= 0.3 is 11.9 Å². The van der Waals surface area contributed by atoms with E-state index in [4.69, 9.17) is 9.84 Å². The number of hydrogen-bond acceptors (Lipinski definition) is 4. The van der Waals surface area contributed by atoms with Gasteiger partial charge in [-0.2, -0.15) is 0 Å². The van der Waals surface area contributed by atoms with Crippen LogP contribution in [0, 0.1) is 11.8 Å². The smallest absolute Gasteiger partial charge is 0.338 e. The Balaban J connectivity index is 0. The van der Waals surface area contributed by atoms with Gasteiger partial charge in [0.05, 0.1) is 12.2 Å². The second kappa shape index (κ2) is 10.1. The van der Waals surface area contributed by atoms with Crippen molar-refractivity contribution in [1.29, 1.82) is 0 Å². The summed E-state index contributed by atoms with van der Waals surface area (Å²) in [4.78, 5) is 31.3. The summed E-state index contributed by atoms with van der Waals surface area (Å²) in [5, 5.41) is 8.28. The number of hydrogen-bond donors (Lipinski definition) is 1. The van der Waals surface area contributed by atoms with Crippen LogP contribution in [0.5, 0.6) is 0 Å². The number of carboxylic acids is 1. The van der Waals surface area contributed by atoms with Crippen LogP contribution in [0.4, 0.5) is 0 Å². The van der Waals surface area contributed by atoms with Crippen LogP contribution in [0.25, 0.3) is 0 Å². The summed E-state index contributed by atoms with van der Waals surface area (Å²) in [5.41, 5.74) is -0.338. The highest BCUT2D eigenvalue weighted by Crippen LogP contribution is 2.02. The van der Waals surface area contributed by atoms with Gasteiger partial charge in [-0.05, 0) is 5.92 Å². The van der Waals surface area contributed by atoms with E-state index in [1.165, 1.54) is 6.08 Å². The van der Waals surface area contributed by atoms with Gasteiger partial charge in [0.1, 0.15) is 0 Å². The summed E-state index contributed by atoms with van der Waals surface area (Å²) in [7, 11) is 0. The standard InChI is InChI=1S/C7H10O3.C7H12O2/c1-4(2)6(8)5(3)7(9)10;1-4-7(8)9-5-6(2)3/h4H,3H2,1-2H3,(H,9,10);4,6H,1,5H2,2-3H3. The highest BCUT2D eigenvalue weighted by atomic mass is 16.5. The Morgan fingerprint density at radius 1 is 1.21 bits per heavy atom. The molecule has 1 N–H and O–H groups in total. The third-order valence-electron chi connectivity index (χ3n) is 1.81. The molecule has 0 unspecified atom stereocenters. The van der Waals surface area contributed by atoms with E-state index in [1.54, 1.807) is 13.8 Å². The number of ketones is 1. The van der Waals surface area contributed by atoms with Crippen molar-refractivity contribution in [3.63, 3.8) is 0 Å². The molecule has 0 aliphatic carbocycles. The van der Waals surface area contributed by atoms with Crippen LogP contribution in [0.1, 0.15) is 27.7 Å². The predicted octanol–water partition coefficient (Wildman–Crippen LogP) is 2.22. The molecule has 0 aromatic heterocycles. The maximum Gasteiger partial charge on any atom is 0.338 e. The fraction of sp³-hybridized carbons (Fsp3) is 0.500. The topological polar surface area (TPSA) is 80.7 Å². The molecule has 5 heteroatoms. The summed E-state index contributed by atoms with van der Waals surface area (Å²) < 4.78 is 4.70. The van der Waals surface area contributed by atoms with Gasteiger partial charge in [-0.3, -0.25) is 4.79 Å². The molecule has 0 rings (SSSR count). The van der Waals surface area contributed by atoms with Crippen LogP contribution in [0.2, 0.25) is 0 Å². The molecule has 0 saturated carbocycles. The Hall–Kier alpha value is -1.91. The maximum atomic E-state index is 10.8. The molecule has 0 saturated heterocycles. The quantitative estimate of drug-likeness (QED) is 0.346. The Morgan fingerprint density at radius 3 is 1.89 bits per heavy atom. The average molecular weight is 270 g/mol. The first-order valence-corrected chi connectivity index (χ1v) is 5.89. The monoisotopic (exact) mass is 270 g/mol. The minimum atomic E-state index is -1.24. The highest BCUT2D eigenvalue weighted by molar-refractivity contribution is 6.16. The average Bonchev–Trinajstić information content (AvgIpc) is 2.34. The van der Waals surface area contributed by atoms with Crippen molar-refractivity contribution in [3.05, 3.63) is 24.8 Å². The maximum absolute atomic E-state index is 10.8. The Morgan fingerprint density at radius 2 is 1.68 bits per heavy atom. The first kappa shape index (κ1) is 19.4. The predicted molar refractivity (Wildman–Crippen MR) is 72.6 cm³/mol. The number of carbonyl (C=O) groups is 3. The number of esters is 1. The van der Waals surface area contributed by atoms with E-state index in [2.05, 4.69) is 13.2 Å². The number of aliphatic carboxylic acids is 1. The Kier molecular flexibility index (Phi) is 10.3. The Labute approximate surface area is 114 Å². The molecular formula is C14H22O5. The molecule has 0 heterocycles. The molecular weight excluding hydrogens is 248 g/mol. The second-order valence-corrected chi connectivity index (χ2v) is 4.53. The largest absolute Gasteiger partial charge is 0.478 e. The molecule has 108 valence electrons. The molecule has 0 aliphatic heterocycles. The Bertz CT molecular complexity index is 353. The van der Waals surface area contributed by atoms with Crippen LogP contribution in [0.15, 0.2) is 24.8 Å². The zero-order valence-corrected chi connectivity index (χ0v) is 11.9. The van der Waals surface area contributed by atoms with Gasteiger partial charge in [-0.25, -0.2) is 9.59 Å². The van der Waals surface area contributed by atoms with E-state index in [-0.39, 0.29) is 17.5 Å². The third-order valence-corrected chi connectivity index (χ3v) is 1.81. The first-order valence-electron chi connectivity index (χ1n) is 5.89. The summed E-state index contributed by atoms with van der Waals surface area (Å²) in [6.45, 7) is 14.1. The van der Waals surface area contributed by atoms with Gasteiger partial charge in [-0.15, -0.1) is 0 Å². The van der Waals surface area contributed by atoms with E-state index in [9.17, 15) is 14.4 Å². The van der Waals surface area contributed by atoms with Gasteiger partial charge in [0, 0.05) is 12.0 Å². The van der Waals surface area contributed by atoms with Crippen LogP contribution in [0.3, 0.4) is 0 Å². The van der Waals surface area contributed by atoms with Crippen LogP contribution in [-0.4, -0.2) is 29.4 Å². The fourth-order valence-electron chi connectivity index (χ4n) is 0.762. The SMILES string of the molecule is C=C(C(=O)O)C(=O)C(C)C.C=CC(=O)OCC(C)C. The molecule has 0 radical (unpaired) electrons. The molecule has 0 aliphatic rings. The molecule has 19 heavy (non-hydrogen) atoms. The number of carbonyl (C=O) groups excluding carboxylic acids is 2. The van der Waals surface area contributed by atoms with Gasteiger partial charge in [0.2, 0.25) is 0 Å². The first-order chi connectivity index (χ1) is 8.63. The normalized spacial score (nSPS) is 9.37. The molecule has 0 aromatic rings. The lowest BCUT2D eigenvalue weighted by Crippen LogP contribution is -2.15. The molecule has 0 atom stereocenters. The van der Waals surface area contributed by atoms with Gasteiger partial charge < -0.3 is 9.84 Å². The van der Waals surface area contributed by atoms with Crippen molar-refractivity contribution in [1.82, 2.24) is 0 Å². The number of Topliss-reactive ketones (excluding diaryl/α,β-unsaturated/α-hetero) is 1. The van der Waals surface area contributed by atoms with E-state index in [0.29, 0.717) is 12.5 Å². The number of rotatable bonds is 6. The summed E-state index contributed by atoms with van der Waals surface area (Å²) in [5.74, 6) is -1.88. The molecule has 0 amide bonds. The van der Waals surface area contributed by atoms with Gasteiger partial charge in [-0.1, -0.05) is 40.9 Å². The van der Waals surface area contributed by atoms with E-state index >= 15 is 0 Å². The van der Waals surface area contributed by atoms with Crippen LogP contribution >= 0.6 is 0 Å². The van der Waals surface area contributed by atoms with Crippen molar-refractivity contribution in [2.75, 3.05) is 6.61 Å². The van der Waals surface area contributed by atoms with E-state index in [1.807, 2.05) is 13.8 Å². The zero-order chi connectivity index (χ0) is 15.6. The lowest BCUT2D eigenvalue weighted by molar-refractivity contribution is -0.139. The lowest BCUT2D eigenvalue weighted by Gasteiger charge is -2.02. The molecule has 0 bridgehead atoms. The molecule has 0 aromatic carbocycles. The molecule has 0 fully saturated rings. The summed E-state index contributed by atoms with van der Waals surface area (Å²) in [6, 6.07) is 0. The van der Waals surface area contributed by atoms with Crippen molar-refractivity contribution >= 4 is 17.7 Å². The van der Waals surface area contributed by atoms with Gasteiger partial charge in [0.15, 0.2) is 5.78 Å². The highest BCUT2D eigenvalue weighted by Gasteiger charge is 2.16. The molecule has 5 nitrogen and oxygen atoms in total. The van der Waals surface area contributed by atoms with E-state index < -0.39 is 11.8 Å². The summed E-state index contributed by atoms with van der Waals surface area (Å²) in [6.07, 6.45) is 1.17. The lowest BCUT2D eigenvalue weighted by atomic mass is 10.0. The van der Waals surface area contributed by atoms with Gasteiger partial charge in [0.25, 0.3) is 0 Å². The zero-order valence-electron chi connectivity index (χ0n) is 11.9. The summed E-state index contributed by atoms with van der Waals surface area (Å²) >= 11 is 0. The van der Waals surface area contributed by atoms with Crippen LogP contribution in [-0.2, 0) is 19.1 Å². The van der Waals surface area contributed by atoms with Crippen molar-refractivity contribution in [2.24, 2.45) is 11.8 Å². The minimum Gasteiger partial charge on any atom is -0.478 e. The van der Waals surface area contributed by atoms with Crippen molar-refractivity contribution < 1.29 is 24.2 Å². The van der Waals surface area contributed by atoms with Crippen molar-refractivity contribution in [2.45, 2.75) is 27.7 Å².